The van der Waals surface area contributed by atoms with Crippen LogP contribution in [-0.4, -0.2) is 9.97 Å². The van der Waals surface area contributed by atoms with Gasteiger partial charge < -0.3 is 14.7 Å². The number of aromatic nitrogens is 2. The summed E-state index contributed by atoms with van der Waals surface area (Å²) in [6.07, 6.45) is 7.13. The fourth-order valence-electron chi connectivity index (χ4n) is 2.26. The van der Waals surface area contributed by atoms with Gasteiger partial charge in [0.05, 0.1) is 11.9 Å². The molecule has 0 fully saturated rings. The van der Waals surface area contributed by atoms with Crippen LogP contribution in [0.2, 0.25) is 0 Å². The highest BCUT2D eigenvalue weighted by molar-refractivity contribution is 5.93. The number of H-pyrrole nitrogens is 1. The third-order valence-electron chi connectivity index (χ3n) is 3.21. The summed E-state index contributed by atoms with van der Waals surface area (Å²) in [6.45, 7) is 0. The number of anilines is 2. The van der Waals surface area contributed by atoms with E-state index in [0.717, 1.165) is 27.9 Å². The molecular formula is C15H11N3O. The molecule has 92 valence electrons. The molecule has 4 heteroatoms. The van der Waals surface area contributed by atoms with Crippen LogP contribution in [0.4, 0.5) is 11.4 Å². The van der Waals surface area contributed by atoms with Crippen LogP contribution in [0.1, 0.15) is 0 Å². The minimum absolute atomic E-state index is 0.783. The number of hydrogen-bond donors (Lipinski definition) is 2. The van der Waals surface area contributed by atoms with Gasteiger partial charge in [-0.3, -0.25) is 4.98 Å². The molecule has 0 aliphatic carbocycles. The zero-order valence-corrected chi connectivity index (χ0v) is 10.1. The quantitative estimate of drug-likeness (QED) is 0.563. The number of pyridine rings is 1. The van der Waals surface area contributed by atoms with Gasteiger partial charge in [0.2, 0.25) is 0 Å². The third-order valence-corrected chi connectivity index (χ3v) is 3.21. The van der Waals surface area contributed by atoms with Gasteiger partial charge in [-0.25, -0.2) is 0 Å². The monoisotopic (exact) mass is 249 g/mol. The fourth-order valence-corrected chi connectivity index (χ4v) is 2.26. The van der Waals surface area contributed by atoms with Crippen LogP contribution in [0.15, 0.2) is 59.6 Å². The van der Waals surface area contributed by atoms with Crippen molar-refractivity contribution in [1.82, 2.24) is 9.97 Å². The molecule has 0 aliphatic heterocycles. The van der Waals surface area contributed by atoms with Crippen molar-refractivity contribution in [3.8, 4) is 0 Å². The molecular weight excluding hydrogens is 238 g/mol. The first-order valence-corrected chi connectivity index (χ1v) is 6.05. The normalized spacial score (nSPS) is 11.2. The topological polar surface area (TPSA) is 53.9 Å². The van der Waals surface area contributed by atoms with E-state index in [-0.39, 0.29) is 0 Å². The Morgan fingerprint density at radius 3 is 3.16 bits per heavy atom. The van der Waals surface area contributed by atoms with Crippen molar-refractivity contribution in [1.29, 1.82) is 0 Å². The summed E-state index contributed by atoms with van der Waals surface area (Å²) in [5, 5.41) is 5.60. The zero-order chi connectivity index (χ0) is 12.7. The lowest BCUT2D eigenvalue weighted by Gasteiger charge is -2.04. The van der Waals surface area contributed by atoms with Gasteiger partial charge in [-0.15, -0.1) is 0 Å². The highest BCUT2D eigenvalue weighted by Crippen LogP contribution is 2.28. The first-order chi connectivity index (χ1) is 9.40. The van der Waals surface area contributed by atoms with E-state index in [2.05, 4.69) is 39.6 Å². The van der Waals surface area contributed by atoms with Gasteiger partial charge in [0.15, 0.2) is 5.58 Å². The van der Waals surface area contributed by atoms with E-state index in [4.69, 9.17) is 4.42 Å². The van der Waals surface area contributed by atoms with Gasteiger partial charge in [-0.2, -0.15) is 0 Å². The van der Waals surface area contributed by atoms with Gasteiger partial charge in [-0.05, 0) is 29.7 Å². The van der Waals surface area contributed by atoms with Crippen molar-refractivity contribution in [2.75, 3.05) is 5.32 Å². The Morgan fingerprint density at radius 1 is 1.16 bits per heavy atom. The molecule has 0 atom stereocenters. The summed E-state index contributed by atoms with van der Waals surface area (Å²) in [6, 6.07) is 10.2. The first kappa shape index (κ1) is 10.2. The number of hydrogen-bond acceptors (Lipinski definition) is 3. The molecule has 0 aliphatic rings. The molecule has 0 saturated heterocycles. The van der Waals surface area contributed by atoms with Gasteiger partial charge in [0.25, 0.3) is 0 Å². The summed E-state index contributed by atoms with van der Waals surface area (Å²) < 4.78 is 5.46. The maximum atomic E-state index is 5.46. The molecule has 4 rings (SSSR count). The van der Waals surface area contributed by atoms with E-state index >= 15 is 0 Å². The van der Waals surface area contributed by atoms with Crippen molar-refractivity contribution in [2.24, 2.45) is 0 Å². The highest BCUT2D eigenvalue weighted by Gasteiger charge is 2.06. The summed E-state index contributed by atoms with van der Waals surface area (Å²) in [7, 11) is 0. The molecule has 3 heterocycles. The molecule has 1 aromatic carbocycles. The molecule has 0 spiro atoms. The molecule has 4 nitrogen and oxygen atoms in total. The fraction of sp³-hybridized carbons (Fsp3) is 0. The summed E-state index contributed by atoms with van der Waals surface area (Å²) in [5.41, 5.74) is 3.86. The van der Waals surface area contributed by atoms with Gasteiger partial charge in [0.1, 0.15) is 6.26 Å². The summed E-state index contributed by atoms with van der Waals surface area (Å²) in [5.74, 6) is 0. The zero-order valence-electron chi connectivity index (χ0n) is 10.1. The van der Waals surface area contributed by atoms with Crippen molar-refractivity contribution >= 4 is 33.2 Å². The number of nitrogens with one attached hydrogen (secondary N) is 2. The third kappa shape index (κ3) is 1.65. The SMILES string of the molecule is c1cc2c(Nc3ccc4cc[nH]c4c3)coc2cn1. The van der Waals surface area contributed by atoms with Gasteiger partial charge >= 0.3 is 0 Å². The van der Waals surface area contributed by atoms with Gasteiger partial charge in [-0.1, -0.05) is 6.07 Å². The van der Waals surface area contributed by atoms with Crippen LogP contribution in [0, 0.1) is 0 Å². The van der Waals surface area contributed by atoms with Crippen LogP contribution < -0.4 is 5.32 Å². The van der Waals surface area contributed by atoms with Crippen molar-refractivity contribution in [2.45, 2.75) is 0 Å². The van der Waals surface area contributed by atoms with Crippen molar-refractivity contribution in [3.05, 3.63) is 55.2 Å². The Hall–Kier alpha value is -2.75. The van der Waals surface area contributed by atoms with Crippen LogP contribution in [0.25, 0.3) is 21.9 Å². The standard InChI is InChI=1S/C15H11N3O/c1-2-11(7-13-10(1)3-6-17-13)18-14-9-19-15-8-16-5-4-12(14)15/h1-9,17-18H. The predicted molar refractivity (Wildman–Crippen MR) is 75.6 cm³/mol. The minimum Gasteiger partial charge on any atom is -0.460 e. The van der Waals surface area contributed by atoms with Crippen LogP contribution >= 0.6 is 0 Å². The van der Waals surface area contributed by atoms with Crippen molar-refractivity contribution in [3.63, 3.8) is 0 Å². The Morgan fingerprint density at radius 2 is 2.16 bits per heavy atom. The van der Waals surface area contributed by atoms with Crippen LogP contribution in [0.5, 0.6) is 0 Å². The Balaban J connectivity index is 1.77. The Kier molecular flexibility index (Phi) is 2.08. The molecule has 19 heavy (non-hydrogen) atoms. The molecule has 0 bridgehead atoms. The molecule has 0 amide bonds. The number of benzene rings is 1. The number of furan rings is 1. The van der Waals surface area contributed by atoms with E-state index < -0.39 is 0 Å². The van der Waals surface area contributed by atoms with Crippen LogP contribution in [-0.2, 0) is 0 Å². The average Bonchev–Trinajstić information content (AvgIpc) is 3.06. The average molecular weight is 249 g/mol. The molecule has 0 saturated carbocycles. The van der Waals surface area contributed by atoms with Crippen molar-refractivity contribution < 1.29 is 4.42 Å². The lowest BCUT2D eigenvalue weighted by atomic mass is 10.2. The second kappa shape index (κ2) is 3.88. The number of fused-ring (bicyclic) bond motifs is 2. The highest BCUT2D eigenvalue weighted by atomic mass is 16.3. The Labute approximate surface area is 109 Å². The number of aromatic amines is 1. The second-order valence-electron chi connectivity index (χ2n) is 4.43. The second-order valence-corrected chi connectivity index (χ2v) is 4.43. The van der Waals surface area contributed by atoms with Crippen LogP contribution in [0.3, 0.4) is 0 Å². The molecule has 4 aromatic rings. The van der Waals surface area contributed by atoms with E-state index in [1.807, 2.05) is 12.3 Å². The lowest BCUT2D eigenvalue weighted by Crippen LogP contribution is -1.88. The molecule has 0 radical (unpaired) electrons. The predicted octanol–water partition coefficient (Wildman–Crippen LogP) is 4.05. The number of nitrogens with zero attached hydrogens (tertiary/aromatic N) is 1. The largest absolute Gasteiger partial charge is 0.460 e. The summed E-state index contributed by atoms with van der Waals surface area (Å²) in [4.78, 5) is 7.24. The van der Waals surface area contributed by atoms with E-state index in [1.165, 1.54) is 5.39 Å². The lowest BCUT2D eigenvalue weighted by molar-refractivity contribution is 0.615. The first-order valence-electron chi connectivity index (χ1n) is 6.05. The minimum atomic E-state index is 0.783. The van der Waals surface area contributed by atoms with E-state index in [0.29, 0.717) is 0 Å². The Bertz CT molecular complexity index is 860. The van der Waals surface area contributed by atoms with E-state index in [9.17, 15) is 0 Å². The number of rotatable bonds is 2. The maximum Gasteiger partial charge on any atom is 0.154 e. The molecule has 0 unspecified atom stereocenters. The van der Waals surface area contributed by atoms with E-state index in [1.54, 1.807) is 18.7 Å². The molecule has 3 aromatic heterocycles. The summed E-state index contributed by atoms with van der Waals surface area (Å²) >= 11 is 0. The molecule has 2 N–H and O–H groups in total. The maximum absolute atomic E-state index is 5.46. The smallest absolute Gasteiger partial charge is 0.154 e. The van der Waals surface area contributed by atoms with Gasteiger partial charge in [0, 0.05) is 29.0 Å².